The first-order chi connectivity index (χ1) is 9.17. The molecule has 2 aromatic rings. The Bertz CT molecular complexity index is 570. The van der Waals surface area contributed by atoms with E-state index in [2.05, 4.69) is 20.8 Å². The number of hydrogen-bond acceptors (Lipinski definition) is 5. The molecule has 0 aliphatic carbocycles. The van der Waals surface area contributed by atoms with Crippen molar-refractivity contribution in [3.8, 4) is 5.75 Å². The molecule has 2 amide bonds. The van der Waals surface area contributed by atoms with E-state index in [0.29, 0.717) is 11.7 Å². The fourth-order valence-electron chi connectivity index (χ4n) is 1.45. The van der Waals surface area contributed by atoms with E-state index in [1.54, 1.807) is 7.11 Å². The van der Waals surface area contributed by atoms with Crippen LogP contribution in [0.1, 0.15) is 10.6 Å². The Morgan fingerprint density at radius 3 is 2.95 bits per heavy atom. The fourth-order valence-corrected chi connectivity index (χ4v) is 2.04. The van der Waals surface area contributed by atoms with Crippen LogP contribution >= 0.6 is 11.3 Å². The smallest absolute Gasteiger partial charge is 0.321 e. The van der Waals surface area contributed by atoms with E-state index < -0.39 is 0 Å². The predicted molar refractivity (Wildman–Crippen MR) is 73.5 cm³/mol. The zero-order valence-corrected chi connectivity index (χ0v) is 11.5. The van der Waals surface area contributed by atoms with Crippen molar-refractivity contribution in [2.24, 2.45) is 0 Å². The van der Waals surface area contributed by atoms with Gasteiger partial charge in [0.2, 0.25) is 5.13 Å². The highest BCUT2D eigenvalue weighted by Crippen LogP contribution is 2.14. The maximum Gasteiger partial charge on any atom is 0.321 e. The average molecular weight is 278 g/mol. The molecule has 0 bridgehead atoms. The molecule has 2 N–H and O–H groups in total. The van der Waals surface area contributed by atoms with Crippen LogP contribution in [0.25, 0.3) is 0 Å². The van der Waals surface area contributed by atoms with Gasteiger partial charge in [0.1, 0.15) is 10.8 Å². The number of nitrogens with one attached hydrogen (secondary N) is 2. The molecule has 7 heteroatoms. The Balaban J connectivity index is 1.86. The second-order valence-electron chi connectivity index (χ2n) is 3.79. The van der Waals surface area contributed by atoms with Crippen LogP contribution in [0.2, 0.25) is 0 Å². The second-order valence-corrected chi connectivity index (χ2v) is 4.97. The number of urea groups is 1. The van der Waals surface area contributed by atoms with Gasteiger partial charge in [-0.05, 0) is 24.6 Å². The van der Waals surface area contributed by atoms with Crippen molar-refractivity contribution in [3.05, 3.63) is 34.8 Å². The van der Waals surface area contributed by atoms with Crippen LogP contribution in [0.4, 0.5) is 9.93 Å². The zero-order chi connectivity index (χ0) is 13.7. The van der Waals surface area contributed by atoms with Gasteiger partial charge in [0.15, 0.2) is 0 Å². The van der Waals surface area contributed by atoms with E-state index in [1.807, 2.05) is 31.2 Å². The summed E-state index contributed by atoms with van der Waals surface area (Å²) in [7, 11) is 1.61. The van der Waals surface area contributed by atoms with Crippen molar-refractivity contribution in [1.82, 2.24) is 15.5 Å². The van der Waals surface area contributed by atoms with E-state index in [0.717, 1.165) is 16.3 Å². The quantitative estimate of drug-likeness (QED) is 0.898. The molecular weight excluding hydrogens is 264 g/mol. The van der Waals surface area contributed by atoms with E-state index in [4.69, 9.17) is 4.74 Å². The predicted octanol–water partition coefficient (Wildman–Crippen LogP) is 2.18. The van der Waals surface area contributed by atoms with Crippen LogP contribution in [0.5, 0.6) is 5.75 Å². The molecular formula is C12H14N4O2S. The number of benzene rings is 1. The highest BCUT2D eigenvalue weighted by Gasteiger charge is 2.05. The first kappa shape index (κ1) is 13.3. The molecule has 6 nitrogen and oxygen atoms in total. The van der Waals surface area contributed by atoms with Crippen molar-refractivity contribution < 1.29 is 9.53 Å². The van der Waals surface area contributed by atoms with Gasteiger partial charge in [-0.1, -0.05) is 23.5 Å². The topological polar surface area (TPSA) is 76.1 Å². The standard InChI is InChI=1S/C12H14N4O2S/c1-8-15-16-12(19-8)14-11(17)13-7-9-4-3-5-10(6-9)18-2/h3-6H,7H2,1-2H3,(H2,13,14,16,17). The summed E-state index contributed by atoms with van der Waals surface area (Å²) in [6, 6.07) is 7.21. The molecule has 0 saturated carbocycles. The highest BCUT2D eigenvalue weighted by atomic mass is 32.1. The minimum atomic E-state index is -0.307. The van der Waals surface area contributed by atoms with Gasteiger partial charge in [-0.2, -0.15) is 0 Å². The van der Waals surface area contributed by atoms with Crippen LogP contribution in [-0.4, -0.2) is 23.3 Å². The largest absolute Gasteiger partial charge is 0.497 e. The molecule has 0 unspecified atom stereocenters. The minimum Gasteiger partial charge on any atom is -0.497 e. The van der Waals surface area contributed by atoms with Crippen LogP contribution in [0, 0.1) is 6.92 Å². The summed E-state index contributed by atoms with van der Waals surface area (Å²) in [5.41, 5.74) is 0.961. The summed E-state index contributed by atoms with van der Waals surface area (Å²) < 4.78 is 5.12. The number of amides is 2. The van der Waals surface area contributed by atoms with Crippen LogP contribution in [-0.2, 0) is 6.54 Å². The zero-order valence-electron chi connectivity index (χ0n) is 10.6. The van der Waals surface area contributed by atoms with Crippen LogP contribution in [0.15, 0.2) is 24.3 Å². The maximum atomic E-state index is 11.6. The van der Waals surface area contributed by atoms with Gasteiger partial charge in [-0.25, -0.2) is 4.79 Å². The van der Waals surface area contributed by atoms with Gasteiger partial charge in [0.25, 0.3) is 0 Å². The molecule has 1 aromatic heterocycles. The average Bonchev–Trinajstić information content (AvgIpc) is 2.82. The number of ether oxygens (including phenoxy) is 1. The minimum absolute atomic E-state index is 0.307. The highest BCUT2D eigenvalue weighted by molar-refractivity contribution is 7.15. The molecule has 0 saturated heterocycles. The molecule has 0 spiro atoms. The Morgan fingerprint density at radius 1 is 1.42 bits per heavy atom. The molecule has 1 heterocycles. The summed E-state index contributed by atoms with van der Waals surface area (Å²) in [5.74, 6) is 0.763. The van der Waals surface area contributed by atoms with Gasteiger partial charge in [0.05, 0.1) is 7.11 Å². The van der Waals surface area contributed by atoms with Crippen molar-refractivity contribution in [2.75, 3.05) is 12.4 Å². The van der Waals surface area contributed by atoms with Crippen molar-refractivity contribution in [2.45, 2.75) is 13.5 Å². The molecule has 0 aliphatic rings. The lowest BCUT2D eigenvalue weighted by molar-refractivity contribution is 0.251. The molecule has 100 valence electrons. The molecule has 0 radical (unpaired) electrons. The maximum absolute atomic E-state index is 11.6. The van der Waals surface area contributed by atoms with Crippen molar-refractivity contribution >= 4 is 22.5 Å². The number of aryl methyl sites for hydroxylation is 1. The first-order valence-corrected chi connectivity index (χ1v) is 6.47. The number of methoxy groups -OCH3 is 1. The normalized spacial score (nSPS) is 10.0. The third kappa shape index (κ3) is 3.92. The van der Waals surface area contributed by atoms with Gasteiger partial charge >= 0.3 is 6.03 Å². The number of carbonyl (C=O) groups excluding carboxylic acids is 1. The summed E-state index contributed by atoms with van der Waals surface area (Å²) in [6.45, 7) is 2.25. The molecule has 0 fully saturated rings. The van der Waals surface area contributed by atoms with E-state index in [-0.39, 0.29) is 6.03 Å². The molecule has 0 atom stereocenters. The Morgan fingerprint density at radius 2 is 2.26 bits per heavy atom. The van der Waals surface area contributed by atoms with Gasteiger partial charge in [-0.15, -0.1) is 10.2 Å². The third-order valence-electron chi connectivity index (χ3n) is 2.33. The second kappa shape index (κ2) is 6.14. The lowest BCUT2D eigenvalue weighted by Gasteiger charge is -2.06. The number of anilines is 1. The lowest BCUT2D eigenvalue weighted by Crippen LogP contribution is -2.28. The third-order valence-corrected chi connectivity index (χ3v) is 3.09. The van der Waals surface area contributed by atoms with E-state index in [9.17, 15) is 4.79 Å². The van der Waals surface area contributed by atoms with Gasteiger partial charge in [-0.3, -0.25) is 5.32 Å². The molecule has 1 aromatic carbocycles. The van der Waals surface area contributed by atoms with Crippen molar-refractivity contribution in [1.29, 1.82) is 0 Å². The first-order valence-electron chi connectivity index (χ1n) is 5.65. The van der Waals surface area contributed by atoms with Gasteiger partial charge < -0.3 is 10.1 Å². The number of aromatic nitrogens is 2. The Hall–Kier alpha value is -2.15. The molecule has 0 aliphatic heterocycles. The van der Waals surface area contributed by atoms with Crippen LogP contribution in [0.3, 0.4) is 0 Å². The number of hydrogen-bond donors (Lipinski definition) is 2. The van der Waals surface area contributed by atoms with E-state index in [1.165, 1.54) is 11.3 Å². The fraction of sp³-hybridized carbons (Fsp3) is 0.250. The van der Waals surface area contributed by atoms with E-state index >= 15 is 0 Å². The summed E-state index contributed by atoms with van der Waals surface area (Å²) >= 11 is 1.33. The molecule has 2 rings (SSSR count). The molecule has 19 heavy (non-hydrogen) atoms. The Kier molecular flexibility index (Phi) is 4.30. The van der Waals surface area contributed by atoms with Gasteiger partial charge in [0, 0.05) is 6.54 Å². The van der Waals surface area contributed by atoms with Crippen molar-refractivity contribution in [3.63, 3.8) is 0 Å². The summed E-state index contributed by atoms with van der Waals surface area (Å²) in [4.78, 5) is 11.6. The summed E-state index contributed by atoms with van der Waals surface area (Å²) in [5, 5.41) is 14.3. The number of rotatable bonds is 4. The lowest BCUT2D eigenvalue weighted by atomic mass is 10.2. The summed E-state index contributed by atoms with van der Waals surface area (Å²) in [6.07, 6.45) is 0. The number of carbonyl (C=O) groups is 1. The monoisotopic (exact) mass is 278 g/mol. The SMILES string of the molecule is COc1cccc(CNC(=O)Nc2nnc(C)s2)c1. The Labute approximate surface area is 114 Å². The van der Waals surface area contributed by atoms with Crippen LogP contribution < -0.4 is 15.4 Å². The number of nitrogens with zero attached hydrogens (tertiary/aromatic N) is 2.